The maximum Gasteiger partial charge on any atom is 0.147 e. The van der Waals surface area contributed by atoms with Gasteiger partial charge in [0.25, 0.3) is 0 Å². The number of thiophene rings is 1. The van der Waals surface area contributed by atoms with Gasteiger partial charge in [0, 0.05) is 34.5 Å². The second-order valence-electron chi connectivity index (χ2n) is 7.51. The predicted molar refractivity (Wildman–Crippen MR) is 116 cm³/mol. The van der Waals surface area contributed by atoms with E-state index >= 15 is 0 Å². The number of nitrogens with one attached hydrogen (secondary N) is 1. The summed E-state index contributed by atoms with van der Waals surface area (Å²) in [6, 6.07) is 12.7. The third-order valence-corrected chi connectivity index (χ3v) is 7.40. The molecule has 1 aliphatic rings. The van der Waals surface area contributed by atoms with Crippen molar-refractivity contribution >= 4 is 49.3 Å². The highest BCUT2D eigenvalue weighted by Crippen LogP contribution is 2.41. The molecule has 0 saturated carbocycles. The Bertz CT molecular complexity index is 1140. The number of rotatable bonds is 3. The average Bonchev–Trinajstić information content (AvgIpc) is 3.03. The molecule has 0 bridgehead atoms. The number of thioether (sulfide) groups is 1. The zero-order valence-corrected chi connectivity index (χ0v) is 17.0. The molecule has 136 valence electrons. The van der Waals surface area contributed by atoms with Gasteiger partial charge >= 0.3 is 0 Å². The van der Waals surface area contributed by atoms with Gasteiger partial charge in [-0.2, -0.15) is 11.8 Å². The molecule has 4 aromatic rings. The zero-order valence-electron chi connectivity index (χ0n) is 15.3. The van der Waals surface area contributed by atoms with Crippen LogP contribution in [0.2, 0.25) is 0 Å². The zero-order chi connectivity index (χ0) is 18.4. The van der Waals surface area contributed by atoms with Gasteiger partial charge in [0.15, 0.2) is 0 Å². The van der Waals surface area contributed by atoms with Crippen LogP contribution in [-0.2, 0) is 18.7 Å². The van der Waals surface area contributed by atoms with Crippen LogP contribution in [0.3, 0.4) is 0 Å². The normalized spacial score (nSPS) is 15.8. The largest absolute Gasteiger partial charge is 0.365 e. The number of hydrogen-bond donors (Lipinski definition) is 1. The minimum Gasteiger partial charge on any atom is -0.365 e. The van der Waals surface area contributed by atoms with E-state index in [1.807, 2.05) is 17.8 Å². The average molecular weight is 393 g/mol. The van der Waals surface area contributed by atoms with Gasteiger partial charge in [-0.1, -0.05) is 44.2 Å². The highest BCUT2D eigenvalue weighted by atomic mass is 32.2. The van der Waals surface area contributed by atoms with Crippen molar-refractivity contribution < 1.29 is 0 Å². The maximum atomic E-state index is 5.02. The van der Waals surface area contributed by atoms with Gasteiger partial charge in [0.2, 0.25) is 0 Å². The predicted octanol–water partition coefficient (Wildman–Crippen LogP) is 5.42. The maximum absolute atomic E-state index is 5.02. The number of pyridine rings is 1. The Balaban J connectivity index is 1.56. The molecule has 0 atom stereocenters. The Morgan fingerprint density at radius 2 is 2.00 bits per heavy atom. The summed E-state index contributed by atoms with van der Waals surface area (Å²) in [6.07, 6.45) is 2.67. The van der Waals surface area contributed by atoms with Gasteiger partial charge in [-0.05, 0) is 17.2 Å². The number of nitrogens with zero attached hydrogens (tertiary/aromatic N) is 3. The highest BCUT2D eigenvalue weighted by molar-refractivity contribution is 7.99. The second kappa shape index (κ2) is 6.46. The summed E-state index contributed by atoms with van der Waals surface area (Å²) in [7, 11) is 0. The lowest BCUT2D eigenvalue weighted by Crippen LogP contribution is -2.24. The minimum atomic E-state index is 0.257. The first-order valence-corrected chi connectivity index (χ1v) is 10.9. The minimum absolute atomic E-state index is 0.257. The fraction of sp³-hybridized carbons (Fsp3) is 0.286. The van der Waals surface area contributed by atoms with E-state index in [0.29, 0.717) is 0 Å². The van der Waals surface area contributed by atoms with Gasteiger partial charge in [0.1, 0.15) is 17.0 Å². The van der Waals surface area contributed by atoms with Crippen LogP contribution in [0.1, 0.15) is 30.7 Å². The van der Waals surface area contributed by atoms with Crippen LogP contribution >= 0.6 is 23.1 Å². The Labute approximate surface area is 166 Å². The third kappa shape index (κ3) is 3.17. The van der Waals surface area contributed by atoms with E-state index in [9.17, 15) is 0 Å². The molecule has 0 amide bonds. The van der Waals surface area contributed by atoms with Crippen LogP contribution in [0.4, 0.5) is 5.82 Å². The Morgan fingerprint density at radius 1 is 1.15 bits per heavy atom. The first kappa shape index (κ1) is 17.0. The smallest absolute Gasteiger partial charge is 0.147 e. The van der Waals surface area contributed by atoms with E-state index in [4.69, 9.17) is 4.98 Å². The summed E-state index contributed by atoms with van der Waals surface area (Å²) in [5.74, 6) is 1.91. The molecule has 5 rings (SSSR count). The van der Waals surface area contributed by atoms with Crippen molar-refractivity contribution in [1.29, 1.82) is 0 Å². The number of hydrogen-bond acceptors (Lipinski definition) is 6. The van der Waals surface area contributed by atoms with Gasteiger partial charge in [-0.25, -0.2) is 15.0 Å². The Morgan fingerprint density at radius 3 is 2.85 bits per heavy atom. The van der Waals surface area contributed by atoms with Crippen LogP contribution in [-0.4, -0.2) is 19.7 Å². The van der Waals surface area contributed by atoms with E-state index < -0.39 is 0 Å². The molecule has 0 saturated heterocycles. The standard InChI is InChI=1S/C21H20N4S2/c1-21(2)9-16-14(11-26-21)8-15-17-18(27-20(15)25-16)19(24-12-23-17)22-10-13-6-4-3-5-7-13/h3-8,12H,9-11H2,1-2H3,(H,22,23,24). The van der Waals surface area contributed by atoms with E-state index in [1.165, 1.54) is 16.8 Å². The Hall–Kier alpha value is -2.18. The molecular weight excluding hydrogens is 372 g/mol. The molecule has 0 fully saturated rings. The molecule has 0 spiro atoms. The van der Waals surface area contributed by atoms with Crippen LogP contribution in [0.15, 0.2) is 42.7 Å². The number of anilines is 1. The van der Waals surface area contributed by atoms with E-state index in [2.05, 4.69) is 59.5 Å². The van der Waals surface area contributed by atoms with Crippen molar-refractivity contribution in [3.8, 4) is 0 Å². The monoisotopic (exact) mass is 392 g/mol. The molecule has 6 heteroatoms. The van der Waals surface area contributed by atoms with Crippen molar-refractivity contribution in [1.82, 2.24) is 15.0 Å². The summed E-state index contributed by atoms with van der Waals surface area (Å²) in [5, 5.41) is 4.63. The SMILES string of the molecule is CC1(C)Cc2nc3sc4c(NCc5ccccc5)ncnc4c3cc2CS1. The lowest BCUT2D eigenvalue weighted by Gasteiger charge is -2.29. The lowest BCUT2D eigenvalue weighted by atomic mass is 10.0. The van der Waals surface area contributed by atoms with Gasteiger partial charge in [-0.3, -0.25) is 0 Å². The summed E-state index contributed by atoms with van der Waals surface area (Å²) < 4.78 is 1.34. The topological polar surface area (TPSA) is 50.7 Å². The number of benzene rings is 1. The molecule has 1 N–H and O–H groups in total. The molecule has 27 heavy (non-hydrogen) atoms. The Kier molecular flexibility index (Phi) is 4.06. The molecule has 3 aromatic heterocycles. The highest BCUT2D eigenvalue weighted by Gasteiger charge is 2.28. The van der Waals surface area contributed by atoms with E-state index in [0.717, 1.165) is 45.0 Å². The summed E-state index contributed by atoms with van der Waals surface area (Å²) >= 11 is 3.70. The van der Waals surface area contributed by atoms with Crippen LogP contribution in [0.25, 0.3) is 20.4 Å². The van der Waals surface area contributed by atoms with Crippen molar-refractivity contribution in [3.05, 3.63) is 59.5 Å². The van der Waals surface area contributed by atoms with Crippen molar-refractivity contribution in [2.24, 2.45) is 0 Å². The van der Waals surface area contributed by atoms with Crippen LogP contribution < -0.4 is 5.32 Å². The van der Waals surface area contributed by atoms with E-state index in [1.54, 1.807) is 17.7 Å². The molecule has 4 heterocycles. The van der Waals surface area contributed by atoms with Crippen molar-refractivity contribution in [2.75, 3.05) is 5.32 Å². The van der Waals surface area contributed by atoms with Crippen LogP contribution in [0, 0.1) is 0 Å². The molecule has 0 unspecified atom stereocenters. The molecule has 4 nitrogen and oxygen atoms in total. The molecule has 1 aromatic carbocycles. The molecule has 0 radical (unpaired) electrons. The third-order valence-electron chi connectivity index (χ3n) is 4.93. The number of aromatic nitrogens is 3. The number of fused-ring (bicyclic) bond motifs is 4. The quantitative estimate of drug-likeness (QED) is 0.504. The van der Waals surface area contributed by atoms with Gasteiger partial charge in [-0.15, -0.1) is 11.3 Å². The molecule has 1 aliphatic heterocycles. The van der Waals surface area contributed by atoms with Crippen molar-refractivity contribution in [2.45, 2.75) is 37.3 Å². The van der Waals surface area contributed by atoms with E-state index in [-0.39, 0.29) is 4.75 Å². The lowest BCUT2D eigenvalue weighted by molar-refractivity contribution is 0.679. The second-order valence-corrected chi connectivity index (χ2v) is 10.2. The van der Waals surface area contributed by atoms with Gasteiger partial charge < -0.3 is 5.32 Å². The fourth-order valence-corrected chi connectivity index (χ4v) is 5.62. The van der Waals surface area contributed by atoms with Crippen molar-refractivity contribution in [3.63, 3.8) is 0 Å². The molecular formula is C21H20N4S2. The first-order chi connectivity index (χ1) is 13.1. The molecule has 0 aliphatic carbocycles. The summed E-state index contributed by atoms with van der Waals surface area (Å²) in [6.45, 7) is 5.35. The summed E-state index contributed by atoms with van der Waals surface area (Å²) in [5.41, 5.74) is 4.83. The van der Waals surface area contributed by atoms with Crippen LogP contribution in [0.5, 0.6) is 0 Å². The first-order valence-electron chi connectivity index (χ1n) is 9.07. The fourth-order valence-electron chi connectivity index (χ4n) is 3.49. The van der Waals surface area contributed by atoms with Gasteiger partial charge in [0.05, 0.1) is 10.2 Å². The summed E-state index contributed by atoms with van der Waals surface area (Å²) in [4.78, 5) is 15.2.